The van der Waals surface area contributed by atoms with Gasteiger partial charge in [0.1, 0.15) is 22.9 Å². The first-order valence-corrected chi connectivity index (χ1v) is 9.99. The number of rotatable bonds is 4. The summed E-state index contributed by atoms with van der Waals surface area (Å²) in [5, 5.41) is 9.10. The Hall–Kier alpha value is -3.23. The van der Waals surface area contributed by atoms with Crippen molar-refractivity contribution in [2.45, 2.75) is 45.3 Å². The van der Waals surface area contributed by atoms with Crippen molar-refractivity contribution in [2.75, 3.05) is 11.4 Å². The van der Waals surface area contributed by atoms with E-state index in [9.17, 15) is 14.7 Å². The van der Waals surface area contributed by atoms with Crippen molar-refractivity contribution in [1.82, 2.24) is 14.1 Å². The average Bonchev–Trinajstić information content (AvgIpc) is 3.47. The minimum absolute atomic E-state index is 0.0351. The number of carboxylic acids is 1. The van der Waals surface area contributed by atoms with Crippen molar-refractivity contribution in [2.24, 2.45) is 0 Å². The molecule has 1 aliphatic heterocycles. The molecule has 0 spiro atoms. The first-order valence-electron chi connectivity index (χ1n) is 9.99. The molecule has 2 aliphatic rings. The highest BCUT2D eigenvalue weighted by atomic mass is 19.1. The predicted octanol–water partition coefficient (Wildman–Crippen LogP) is 3.09. The van der Waals surface area contributed by atoms with Crippen LogP contribution in [0, 0.1) is 11.6 Å². The van der Waals surface area contributed by atoms with Crippen LogP contribution in [0.2, 0.25) is 0 Å². The molecule has 30 heavy (non-hydrogen) atoms. The van der Waals surface area contributed by atoms with Crippen LogP contribution in [0.4, 0.5) is 14.5 Å². The van der Waals surface area contributed by atoms with Gasteiger partial charge in [-0.1, -0.05) is 6.92 Å². The second-order valence-corrected chi connectivity index (χ2v) is 7.83. The summed E-state index contributed by atoms with van der Waals surface area (Å²) in [6, 6.07) is 0.881. The predicted molar refractivity (Wildman–Crippen MR) is 106 cm³/mol. The van der Waals surface area contributed by atoms with E-state index in [0.29, 0.717) is 13.1 Å². The molecule has 0 bridgehead atoms. The lowest BCUT2D eigenvalue weighted by atomic mass is 10.1. The molecular weight excluding hydrogens is 394 g/mol. The highest BCUT2D eigenvalue weighted by Crippen LogP contribution is 2.40. The Morgan fingerprint density at radius 2 is 2.07 bits per heavy atom. The lowest BCUT2D eigenvalue weighted by Crippen LogP contribution is -2.35. The molecule has 0 radical (unpaired) electrons. The zero-order chi connectivity index (χ0) is 21.2. The second-order valence-electron chi connectivity index (χ2n) is 7.83. The number of aromatic nitrogens is 3. The molecule has 3 heterocycles. The van der Waals surface area contributed by atoms with Gasteiger partial charge in [-0.15, -0.1) is 0 Å². The molecule has 0 atom stereocenters. The number of carbonyl (C=O) groups is 1. The SMILES string of the molecule is CCc1cnc2n1CCN(c1c(F)cc3c(=O)c(C(=O)O)cn(C4CC4)c3c1F)C2. The second kappa shape index (κ2) is 6.65. The number of fused-ring (bicyclic) bond motifs is 2. The van der Waals surface area contributed by atoms with Gasteiger partial charge in [0.05, 0.1) is 17.4 Å². The zero-order valence-electron chi connectivity index (χ0n) is 16.4. The quantitative estimate of drug-likeness (QED) is 0.710. The standard InChI is InChI=1S/C21H20F2N4O3/c1-2-11-8-24-16-10-25(5-6-26(11)16)19-15(22)7-13-18(17(19)23)27(12-3-4-12)9-14(20(13)28)21(29)30/h7-9,12H,2-6,10H2,1H3,(H,29,30). The number of carboxylic acid groups (broad SMARTS) is 1. The molecule has 1 saturated carbocycles. The van der Waals surface area contributed by atoms with E-state index >= 15 is 8.78 Å². The minimum Gasteiger partial charge on any atom is -0.477 e. The fourth-order valence-electron chi connectivity index (χ4n) is 4.31. The van der Waals surface area contributed by atoms with E-state index in [1.54, 1.807) is 11.1 Å². The molecule has 1 fully saturated rings. The van der Waals surface area contributed by atoms with Gasteiger partial charge in [0, 0.05) is 37.2 Å². The summed E-state index contributed by atoms with van der Waals surface area (Å²) in [6.07, 6.45) is 5.30. The lowest BCUT2D eigenvalue weighted by Gasteiger charge is -2.31. The molecule has 0 saturated heterocycles. The van der Waals surface area contributed by atoms with Crippen LogP contribution in [0.1, 0.15) is 47.7 Å². The molecule has 1 aliphatic carbocycles. The Morgan fingerprint density at radius 3 is 2.73 bits per heavy atom. The van der Waals surface area contributed by atoms with Gasteiger partial charge in [-0.25, -0.2) is 18.6 Å². The summed E-state index contributed by atoms with van der Waals surface area (Å²) in [6.45, 7) is 3.24. The molecule has 5 rings (SSSR count). The van der Waals surface area contributed by atoms with Gasteiger partial charge in [0.15, 0.2) is 5.82 Å². The van der Waals surface area contributed by atoms with Gasteiger partial charge in [-0.2, -0.15) is 0 Å². The number of hydrogen-bond donors (Lipinski definition) is 1. The van der Waals surface area contributed by atoms with Crippen molar-refractivity contribution < 1.29 is 18.7 Å². The van der Waals surface area contributed by atoms with E-state index in [-0.39, 0.29) is 29.2 Å². The molecule has 7 nitrogen and oxygen atoms in total. The van der Waals surface area contributed by atoms with Crippen LogP contribution in [0.3, 0.4) is 0 Å². The topological polar surface area (TPSA) is 80.4 Å². The van der Waals surface area contributed by atoms with E-state index < -0.39 is 28.6 Å². The van der Waals surface area contributed by atoms with E-state index in [4.69, 9.17) is 0 Å². The van der Waals surface area contributed by atoms with Crippen molar-refractivity contribution in [3.05, 3.63) is 57.4 Å². The number of aryl methyl sites for hydroxylation is 1. The van der Waals surface area contributed by atoms with E-state index in [2.05, 4.69) is 9.55 Å². The lowest BCUT2D eigenvalue weighted by molar-refractivity contribution is 0.0694. The third-order valence-corrected chi connectivity index (χ3v) is 5.98. The van der Waals surface area contributed by atoms with Crippen molar-refractivity contribution in [3.8, 4) is 0 Å². The first kappa shape index (κ1) is 18.8. The fourth-order valence-corrected chi connectivity index (χ4v) is 4.31. The van der Waals surface area contributed by atoms with Gasteiger partial charge < -0.3 is 19.1 Å². The Morgan fingerprint density at radius 1 is 1.30 bits per heavy atom. The summed E-state index contributed by atoms with van der Waals surface area (Å²) in [7, 11) is 0. The number of pyridine rings is 1. The minimum atomic E-state index is -1.41. The van der Waals surface area contributed by atoms with Crippen LogP contribution in [0.25, 0.3) is 10.9 Å². The van der Waals surface area contributed by atoms with Gasteiger partial charge in [0.25, 0.3) is 0 Å². The van der Waals surface area contributed by atoms with Crippen LogP contribution in [0.5, 0.6) is 0 Å². The first-order chi connectivity index (χ1) is 14.4. The zero-order valence-corrected chi connectivity index (χ0v) is 16.4. The van der Waals surface area contributed by atoms with Crippen LogP contribution in [-0.2, 0) is 19.5 Å². The largest absolute Gasteiger partial charge is 0.477 e. The van der Waals surface area contributed by atoms with Gasteiger partial charge in [0.2, 0.25) is 5.43 Å². The smallest absolute Gasteiger partial charge is 0.341 e. The Bertz CT molecular complexity index is 1260. The van der Waals surface area contributed by atoms with Crippen LogP contribution in [0.15, 0.2) is 23.3 Å². The summed E-state index contributed by atoms with van der Waals surface area (Å²) in [4.78, 5) is 30.0. The Kier molecular flexibility index (Phi) is 4.16. The number of aromatic carboxylic acids is 1. The number of halogens is 2. The maximum atomic E-state index is 15.7. The maximum Gasteiger partial charge on any atom is 0.341 e. The molecule has 1 aromatic carbocycles. The number of nitrogens with zero attached hydrogens (tertiary/aromatic N) is 4. The van der Waals surface area contributed by atoms with E-state index in [1.165, 1.54) is 10.8 Å². The summed E-state index contributed by atoms with van der Waals surface area (Å²) in [5.74, 6) is -2.38. The molecule has 0 unspecified atom stereocenters. The molecule has 9 heteroatoms. The monoisotopic (exact) mass is 414 g/mol. The van der Waals surface area contributed by atoms with Crippen molar-refractivity contribution in [3.63, 3.8) is 0 Å². The molecule has 156 valence electrons. The molecule has 0 amide bonds. The Balaban J connectivity index is 1.69. The van der Waals surface area contributed by atoms with Gasteiger partial charge >= 0.3 is 5.97 Å². The maximum absolute atomic E-state index is 15.7. The van der Waals surface area contributed by atoms with E-state index in [0.717, 1.165) is 36.8 Å². The number of hydrogen-bond acceptors (Lipinski definition) is 4. The molecule has 1 N–H and O–H groups in total. The fraction of sp³-hybridized carbons (Fsp3) is 0.381. The van der Waals surface area contributed by atoms with Crippen LogP contribution >= 0.6 is 0 Å². The van der Waals surface area contributed by atoms with Crippen molar-refractivity contribution in [1.29, 1.82) is 0 Å². The Labute approximate surface area is 170 Å². The number of imidazole rings is 1. The van der Waals surface area contributed by atoms with E-state index in [1.807, 2.05) is 6.92 Å². The number of benzene rings is 1. The third kappa shape index (κ3) is 2.72. The van der Waals surface area contributed by atoms with Gasteiger partial charge in [-0.3, -0.25) is 4.79 Å². The average molecular weight is 414 g/mol. The summed E-state index contributed by atoms with van der Waals surface area (Å²) < 4.78 is 34.3. The third-order valence-electron chi connectivity index (χ3n) is 5.98. The summed E-state index contributed by atoms with van der Waals surface area (Å²) in [5.41, 5.74) is -0.514. The van der Waals surface area contributed by atoms with Crippen LogP contribution in [-0.4, -0.2) is 31.7 Å². The van der Waals surface area contributed by atoms with Gasteiger partial charge in [-0.05, 0) is 25.3 Å². The summed E-state index contributed by atoms with van der Waals surface area (Å²) >= 11 is 0. The number of anilines is 1. The molecule has 3 aromatic rings. The van der Waals surface area contributed by atoms with Crippen LogP contribution < -0.4 is 10.3 Å². The highest BCUT2D eigenvalue weighted by Gasteiger charge is 2.32. The van der Waals surface area contributed by atoms with Crippen molar-refractivity contribution >= 4 is 22.6 Å². The molecular formula is C21H20F2N4O3. The molecule has 2 aromatic heterocycles. The normalized spacial score (nSPS) is 16.2. The highest BCUT2D eigenvalue weighted by molar-refractivity contribution is 5.94.